The van der Waals surface area contributed by atoms with Gasteiger partial charge in [0.25, 0.3) is 0 Å². The van der Waals surface area contributed by atoms with Crippen molar-refractivity contribution in [3.63, 3.8) is 0 Å². The van der Waals surface area contributed by atoms with Crippen molar-refractivity contribution in [3.8, 4) is 5.75 Å². The zero-order chi connectivity index (χ0) is 16.0. The number of methoxy groups -OCH3 is 1. The van der Waals surface area contributed by atoms with Crippen molar-refractivity contribution in [2.45, 2.75) is 39.2 Å². The third-order valence-corrected chi connectivity index (χ3v) is 7.28. The Morgan fingerprint density at radius 3 is 1.95 bits per heavy atom. The maximum absolute atomic E-state index is 5.96. The van der Waals surface area contributed by atoms with E-state index in [1.54, 1.807) is 7.11 Å². The van der Waals surface area contributed by atoms with Crippen molar-refractivity contribution >= 4 is 8.80 Å². The monoisotopic (exact) mass is 324 g/mol. The van der Waals surface area contributed by atoms with Gasteiger partial charge in [0.15, 0.2) is 0 Å². The molecule has 0 N–H and O–H groups in total. The van der Waals surface area contributed by atoms with Crippen molar-refractivity contribution in [2.75, 3.05) is 26.9 Å². The maximum Gasteiger partial charge on any atom is 0.501 e. The molecule has 0 aromatic heterocycles. The normalized spacial score (nSPS) is 20.9. The highest BCUT2D eigenvalue weighted by Crippen LogP contribution is 2.52. The first-order valence-corrected chi connectivity index (χ1v) is 10.2. The van der Waals surface area contributed by atoms with Gasteiger partial charge in [0.05, 0.1) is 7.11 Å². The number of rotatable bonds is 10. The van der Waals surface area contributed by atoms with Crippen molar-refractivity contribution in [1.82, 2.24) is 0 Å². The molecule has 0 amide bonds. The molecule has 2 unspecified atom stereocenters. The van der Waals surface area contributed by atoms with Crippen molar-refractivity contribution in [2.24, 2.45) is 5.92 Å². The molecule has 0 radical (unpaired) electrons. The fraction of sp³-hybridized carbons (Fsp3) is 0.647. The van der Waals surface area contributed by atoms with Gasteiger partial charge in [-0.05, 0) is 56.7 Å². The highest BCUT2D eigenvalue weighted by atomic mass is 28.4. The summed E-state index contributed by atoms with van der Waals surface area (Å²) < 4.78 is 23.1. The summed E-state index contributed by atoms with van der Waals surface area (Å²) in [6.07, 6.45) is 1.19. The first-order chi connectivity index (χ1) is 10.7. The van der Waals surface area contributed by atoms with Crippen molar-refractivity contribution in [1.29, 1.82) is 0 Å². The molecular weight excluding hydrogens is 296 g/mol. The topological polar surface area (TPSA) is 36.9 Å². The van der Waals surface area contributed by atoms with E-state index >= 15 is 0 Å². The van der Waals surface area contributed by atoms with Crippen molar-refractivity contribution < 1.29 is 18.0 Å². The molecule has 1 aromatic rings. The summed E-state index contributed by atoms with van der Waals surface area (Å²) in [6, 6.07) is 9.30. The van der Waals surface area contributed by atoms with Gasteiger partial charge in [-0.15, -0.1) is 0 Å². The van der Waals surface area contributed by atoms with Gasteiger partial charge in [0, 0.05) is 25.9 Å². The standard InChI is InChI=1S/C17H28O4Si/c1-5-19-22(20-6-2,21-7-3)13-15-12-17(15)14-8-10-16(18-4)11-9-14/h8-11,15,17H,5-7,12-13H2,1-4H3. The molecular formula is C17H28O4Si. The molecule has 124 valence electrons. The Morgan fingerprint density at radius 1 is 0.955 bits per heavy atom. The van der Waals surface area contributed by atoms with Crippen LogP contribution in [0.5, 0.6) is 5.75 Å². The summed E-state index contributed by atoms with van der Waals surface area (Å²) in [5.41, 5.74) is 1.37. The molecule has 1 aliphatic carbocycles. The molecule has 1 saturated carbocycles. The number of hydrogen-bond donors (Lipinski definition) is 0. The van der Waals surface area contributed by atoms with Gasteiger partial charge < -0.3 is 18.0 Å². The number of hydrogen-bond acceptors (Lipinski definition) is 4. The second-order valence-corrected chi connectivity index (χ2v) is 8.20. The molecule has 2 atom stereocenters. The van der Waals surface area contributed by atoms with Gasteiger partial charge in [-0.25, -0.2) is 0 Å². The van der Waals surface area contributed by atoms with Crippen LogP contribution in [0.4, 0.5) is 0 Å². The second kappa shape index (κ2) is 8.11. The molecule has 0 aliphatic heterocycles. The number of benzene rings is 1. The van der Waals surface area contributed by atoms with Crippen LogP contribution in [0.3, 0.4) is 0 Å². The molecule has 1 aromatic carbocycles. The van der Waals surface area contributed by atoms with Gasteiger partial charge in [-0.2, -0.15) is 0 Å². The number of ether oxygens (including phenoxy) is 1. The van der Waals surface area contributed by atoms with Gasteiger partial charge >= 0.3 is 8.80 Å². The lowest BCUT2D eigenvalue weighted by atomic mass is 10.1. The fourth-order valence-corrected chi connectivity index (χ4v) is 6.03. The van der Waals surface area contributed by atoms with Crippen LogP contribution < -0.4 is 4.74 Å². The lowest BCUT2D eigenvalue weighted by Gasteiger charge is -2.28. The van der Waals surface area contributed by atoms with Crippen molar-refractivity contribution in [3.05, 3.63) is 29.8 Å². The minimum absolute atomic E-state index is 0.596. The molecule has 0 spiro atoms. The molecule has 5 heteroatoms. The maximum atomic E-state index is 5.96. The highest BCUT2D eigenvalue weighted by molar-refractivity contribution is 6.60. The Balaban J connectivity index is 1.99. The summed E-state index contributed by atoms with van der Waals surface area (Å²) in [7, 11) is -0.818. The first-order valence-electron chi connectivity index (χ1n) is 8.23. The Hall–Kier alpha value is -0.883. The van der Waals surface area contributed by atoms with Gasteiger partial charge in [0.2, 0.25) is 0 Å². The smallest absolute Gasteiger partial charge is 0.497 e. The van der Waals surface area contributed by atoms with E-state index in [-0.39, 0.29) is 0 Å². The van der Waals surface area contributed by atoms with E-state index < -0.39 is 8.80 Å². The summed E-state index contributed by atoms with van der Waals surface area (Å²) in [4.78, 5) is 0. The average molecular weight is 324 g/mol. The van der Waals surface area contributed by atoms with Gasteiger partial charge in [-0.3, -0.25) is 0 Å². The van der Waals surface area contributed by atoms with Gasteiger partial charge in [0.1, 0.15) is 5.75 Å². The van der Waals surface area contributed by atoms with E-state index in [4.69, 9.17) is 18.0 Å². The summed E-state index contributed by atoms with van der Waals surface area (Å²) >= 11 is 0. The minimum atomic E-state index is -2.51. The Kier molecular flexibility index (Phi) is 6.44. The molecule has 1 fully saturated rings. The summed E-state index contributed by atoms with van der Waals surface area (Å²) in [6.45, 7) is 7.96. The minimum Gasteiger partial charge on any atom is -0.497 e. The van der Waals surface area contributed by atoms with E-state index in [2.05, 4.69) is 12.1 Å². The van der Waals surface area contributed by atoms with Crippen LogP contribution in [-0.4, -0.2) is 35.7 Å². The van der Waals surface area contributed by atoms with E-state index in [9.17, 15) is 0 Å². The molecule has 22 heavy (non-hydrogen) atoms. The van der Waals surface area contributed by atoms with Crippen LogP contribution in [0.15, 0.2) is 24.3 Å². The SMILES string of the molecule is CCO[Si](CC1CC1c1ccc(OC)cc1)(OCC)OCC. The zero-order valence-electron chi connectivity index (χ0n) is 14.1. The Labute approximate surface area is 135 Å². The third-order valence-electron chi connectivity index (χ3n) is 4.07. The summed E-state index contributed by atoms with van der Waals surface area (Å²) in [5.74, 6) is 2.10. The molecule has 4 nitrogen and oxygen atoms in total. The van der Waals surface area contributed by atoms with Crippen LogP contribution in [0.2, 0.25) is 6.04 Å². The largest absolute Gasteiger partial charge is 0.501 e. The molecule has 0 heterocycles. The van der Waals surface area contributed by atoms with Crippen LogP contribution in [0.1, 0.15) is 38.7 Å². The first kappa shape index (κ1) is 17.5. The molecule has 0 bridgehead atoms. The van der Waals surface area contributed by atoms with Gasteiger partial charge in [-0.1, -0.05) is 12.1 Å². The van der Waals surface area contributed by atoms with Crippen LogP contribution in [-0.2, 0) is 13.3 Å². The van der Waals surface area contributed by atoms with E-state index in [0.29, 0.717) is 31.7 Å². The molecule has 1 aliphatic rings. The van der Waals surface area contributed by atoms with E-state index in [0.717, 1.165) is 11.8 Å². The predicted molar refractivity (Wildman–Crippen MR) is 89.3 cm³/mol. The highest BCUT2D eigenvalue weighted by Gasteiger charge is 2.50. The van der Waals surface area contributed by atoms with E-state index in [1.165, 1.54) is 12.0 Å². The fourth-order valence-electron chi connectivity index (χ4n) is 3.02. The molecule has 0 saturated heterocycles. The second-order valence-electron chi connectivity index (χ2n) is 5.56. The average Bonchev–Trinajstić information content (AvgIpc) is 3.27. The Morgan fingerprint density at radius 2 is 1.50 bits per heavy atom. The molecule has 2 rings (SSSR count). The van der Waals surface area contributed by atoms with Crippen LogP contribution in [0, 0.1) is 5.92 Å². The lowest BCUT2D eigenvalue weighted by molar-refractivity contribution is 0.0698. The van der Waals surface area contributed by atoms with Crippen LogP contribution in [0.25, 0.3) is 0 Å². The lowest BCUT2D eigenvalue weighted by Crippen LogP contribution is -2.46. The summed E-state index contributed by atoms with van der Waals surface area (Å²) in [5, 5.41) is 0. The van der Waals surface area contributed by atoms with E-state index in [1.807, 2.05) is 32.9 Å². The third kappa shape index (κ3) is 4.32. The predicted octanol–water partition coefficient (Wildman–Crippen LogP) is 3.85. The quantitative estimate of drug-likeness (QED) is 0.613. The Bertz CT molecular complexity index is 431. The van der Waals surface area contributed by atoms with Crippen LogP contribution >= 0.6 is 0 Å². The zero-order valence-corrected chi connectivity index (χ0v) is 15.1.